The van der Waals surface area contributed by atoms with Crippen LogP contribution in [-0.2, 0) is 15.9 Å². The maximum Gasteiger partial charge on any atom is 0.251 e. The second-order valence-electron chi connectivity index (χ2n) is 9.76. The third-order valence-corrected chi connectivity index (χ3v) is 6.51. The number of hydrogen-bond acceptors (Lipinski definition) is 11. The number of carbonyl (C=O) groups is 1. The Hall–Kier alpha value is -3.87. The quantitative estimate of drug-likeness (QED) is 0.153. The van der Waals surface area contributed by atoms with Crippen LogP contribution in [0, 0.1) is 0 Å². The van der Waals surface area contributed by atoms with Crippen LogP contribution in [0.4, 0.5) is 23.5 Å². The Balaban J connectivity index is 1.35. The first-order chi connectivity index (χ1) is 20.2. The molecule has 2 aromatic heterocycles. The van der Waals surface area contributed by atoms with E-state index in [-0.39, 0.29) is 5.91 Å². The van der Waals surface area contributed by atoms with E-state index in [1.54, 1.807) is 18.3 Å². The van der Waals surface area contributed by atoms with Crippen molar-refractivity contribution in [1.82, 2.24) is 25.3 Å². The Morgan fingerprint density at radius 1 is 0.878 bits per heavy atom. The number of rotatable bonds is 17. The Labute approximate surface area is 241 Å². The predicted molar refractivity (Wildman–Crippen MR) is 160 cm³/mol. The van der Waals surface area contributed by atoms with Crippen molar-refractivity contribution in [2.45, 2.75) is 44.6 Å². The van der Waals surface area contributed by atoms with E-state index in [2.05, 4.69) is 41.2 Å². The number of nitrogens with one attached hydrogen (secondary N) is 4. The molecule has 0 aliphatic heterocycles. The number of carbonyl (C=O) groups excluding carboxylic acids is 1. The number of ether oxygens (including phenoxy) is 2. The molecule has 4 rings (SSSR count). The SMILES string of the molecule is NCCOCCOCCNC(=O)c1cccc(Nc2nc(NCCc3ccccn3)nc(NC3CCCCC3)n2)c1. The molecule has 12 nitrogen and oxygen atoms in total. The average Bonchev–Trinajstić information content (AvgIpc) is 2.99. The van der Waals surface area contributed by atoms with Crippen molar-refractivity contribution < 1.29 is 14.3 Å². The van der Waals surface area contributed by atoms with Crippen molar-refractivity contribution in [1.29, 1.82) is 0 Å². The van der Waals surface area contributed by atoms with Gasteiger partial charge in [-0.2, -0.15) is 15.0 Å². The van der Waals surface area contributed by atoms with Gasteiger partial charge in [0, 0.05) is 55.2 Å². The van der Waals surface area contributed by atoms with Crippen molar-refractivity contribution in [3.63, 3.8) is 0 Å². The lowest BCUT2D eigenvalue weighted by atomic mass is 9.96. The first-order valence-electron chi connectivity index (χ1n) is 14.4. The fourth-order valence-electron chi connectivity index (χ4n) is 4.46. The summed E-state index contributed by atoms with van der Waals surface area (Å²) in [5, 5.41) is 12.9. The summed E-state index contributed by atoms with van der Waals surface area (Å²) in [6.45, 7) is 3.35. The summed E-state index contributed by atoms with van der Waals surface area (Å²) in [6, 6.07) is 13.4. The van der Waals surface area contributed by atoms with Crippen LogP contribution in [0.2, 0.25) is 0 Å². The number of pyridine rings is 1. The topological polar surface area (TPSA) is 161 Å². The zero-order chi connectivity index (χ0) is 28.5. The first-order valence-corrected chi connectivity index (χ1v) is 14.4. The Morgan fingerprint density at radius 3 is 2.49 bits per heavy atom. The van der Waals surface area contributed by atoms with Crippen molar-refractivity contribution in [2.24, 2.45) is 5.73 Å². The Kier molecular flexibility index (Phi) is 12.5. The van der Waals surface area contributed by atoms with Gasteiger partial charge in [-0.25, -0.2) is 0 Å². The van der Waals surface area contributed by atoms with Crippen LogP contribution in [0.1, 0.15) is 48.2 Å². The second kappa shape index (κ2) is 17.1. The monoisotopic (exact) mass is 563 g/mol. The fourth-order valence-corrected chi connectivity index (χ4v) is 4.46. The summed E-state index contributed by atoms with van der Waals surface area (Å²) in [6.07, 6.45) is 8.40. The number of amides is 1. The van der Waals surface area contributed by atoms with E-state index in [9.17, 15) is 4.79 Å². The van der Waals surface area contributed by atoms with Gasteiger partial charge in [0.15, 0.2) is 0 Å². The van der Waals surface area contributed by atoms with Gasteiger partial charge >= 0.3 is 0 Å². The summed E-state index contributed by atoms with van der Waals surface area (Å²) in [5.41, 5.74) is 7.59. The smallest absolute Gasteiger partial charge is 0.251 e. The Morgan fingerprint density at radius 2 is 1.68 bits per heavy atom. The summed E-state index contributed by atoms with van der Waals surface area (Å²) in [4.78, 5) is 30.9. The van der Waals surface area contributed by atoms with E-state index < -0.39 is 0 Å². The summed E-state index contributed by atoms with van der Waals surface area (Å²) >= 11 is 0. The number of nitrogens with two attached hydrogens (primary N) is 1. The van der Waals surface area contributed by atoms with Crippen LogP contribution in [0.25, 0.3) is 0 Å². The number of benzene rings is 1. The zero-order valence-electron chi connectivity index (χ0n) is 23.5. The lowest BCUT2D eigenvalue weighted by molar-refractivity contribution is 0.0511. The molecule has 1 aliphatic carbocycles. The molecule has 0 spiro atoms. The first kappa shape index (κ1) is 30.1. The molecule has 0 radical (unpaired) electrons. The van der Waals surface area contributed by atoms with E-state index >= 15 is 0 Å². The van der Waals surface area contributed by atoms with Gasteiger partial charge in [-0.3, -0.25) is 9.78 Å². The minimum Gasteiger partial charge on any atom is -0.378 e. The molecule has 3 aromatic rings. The van der Waals surface area contributed by atoms with E-state index in [1.165, 1.54) is 19.3 Å². The van der Waals surface area contributed by atoms with E-state index in [4.69, 9.17) is 15.2 Å². The van der Waals surface area contributed by atoms with Crippen molar-refractivity contribution in [2.75, 3.05) is 62.0 Å². The summed E-state index contributed by atoms with van der Waals surface area (Å²) < 4.78 is 10.7. The number of nitrogens with zero attached hydrogens (tertiary/aromatic N) is 4. The van der Waals surface area contributed by atoms with Crippen molar-refractivity contribution >= 4 is 29.4 Å². The molecule has 41 heavy (non-hydrogen) atoms. The molecule has 1 saturated carbocycles. The van der Waals surface area contributed by atoms with Gasteiger partial charge in [-0.1, -0.05) is 31.4 Å². The minimum absolute atomic E-state index is 0.191. The minimum atomic E-state index is -0.191. The predicted octanol–water partition coefficient (Wildman–Crippen LogP) is 3.13. The highest BCUT2D eigenvalue weighted by Gasteiger charge is 2.16. The molecule has 0 bridgehead atoms. The molecule has 0 saturated heterocycles. The fraction of sp³-hybridized carbons (Fsp3) is 0.483. The lowest BCUT2D eigenvalue weighted by Crippen LogP contribution is -2.27. The van der Waals surface area contributed by atoms with Gasteiger partial charge in [0.2, 0.25) is 17.8 Å². The van der Waals surface area contributed by atoms with Gasteiger partial charge in [0.05, 0.1) is 26.4 Å². The van der Waals surface area contributed by atoms with Crippen LogP contribution in [0.3, 0.4) is 0 Å². The highest BCUT2D eigenvalue weighted by molar-refractivity contribution is 5.95. The Bertz CT molecular complexity index is 1190. The summed E-state index contributed by atoms with van der Waals surface area (Å²) in [7, 11) is 0. The molecule has 12 heteroatoms. The molecule has 0 unspecified atom stereocenters. The van der Waals surface area contributed by atoms with Gasteiger partial charge in [-0.15, -0.1) is 0 Å². The average molecular weight is 564 g/mol. The van der Waals surface area contributed by atoms with Crippen LogP contribution in [-0.4, -0.2) is 77.9 Å². The maximum atomic E-state index is 12.7. The number of aromatic nitrogens is 4. The molecule has 0 atom stereocenters. The highest BCUT2D eigenvalue weighted by atomic mass is 16.5. The largest absolute Gasteiger partial charge is 0.378 e. The standard InChI is InChI=1S/C29H41N9O3/c30-13-17-40-19-20-41-18-16-32-26(39)22-7-6-11-25(21-22)35-29-37-27(33-15-12-23-8-4-5-14-31-23)36-28(38-29)34-24-9-2-1-3-10-24/h4-8,11,14,21,24H,1-3,9-10,12-13,15-20,30H2,(H,32,39)(H3,33,34,35,36,37,38). The van der Waals surface area contributed by atoms with Gasteiger partial charge < -0.3 is 36.5 Å². The van der Waals surface area contributed by atoms with E-state index in [0.29, 0.717) is 81.2 Å². The van der Waals surface area contributed by atoms with E-state index in [1.807, 2.05) is 30.3 Å². The molecule has 1 aliphatic rings. The molecule has 220 valence electrons. The third-order valence-electron chi connectivity index (χ3n) is 6.51. The van der Waals surface area contributed by atoms with Crippen LogP contribution < -0.4 is 27.0 Å². The highest BCUT2D eigenvalue weighted by Crippen LogP contribution is 2.22. The lowest BCUT2D eigenvalue weighted by Gasteiger charge is -2.23. The molecule has 1 fully saturated rings. The van der Waals surface area contributed by atoms with E-state index in [0.717, 1.165) is 25.0 Å². The zero-order valence-corrected chi connectivity index (χ0v) is 23.5. The summed E-state index contributed by atoms with van der Waals surface area (Å²) in [5.74, 6) is 1.20. The molecular formula is C29H41N9O3. The molecule has 1 amide bonds. The second-order valence-corrected chi connectivity index (χ2v) is 9.76. The van der Waals surface area contributed by atoms with Gasteiger partial charge in [-0.05, 0) is 43.2 Å². The molecular weight excluding hydrogens is 522 g/mol. The molecule has 6 N–H and O–H groups in total. The molecule has 2 heterocycles. The van der Waals surface area contributed by atoms with Crippen LogP contribution in [0.5, 0.6) is 0 Å². The number of hydrogen-bond donors (Lipinski definition) is 5. The molecule has 1 aromatic carbocycles. The maximum absolute atomic E-state index is 12.7. The van der Waals surface area contributed by atoms with Gasteiger partial charge in [0.1, 0.15) is 0 Å². The van der Waals surface area contributed by atoms with Crippen LogP contribution in [0.15, 0.2) is 48.7 Å². The van der Waals surface area contributed by atoms with Crippen molar-refractivity contribution in [3.8, 4) is 0 Å². The normalized spacial score (nSPS) is 13.5. The van der Waals surface area contributed by atoms with Gasteiger partial charge in [0.25, 0.3) is 5.91 Å². The third kappa shape index (κ3) is 10.9. The van der Waals surface area contributed by atoms with Crippen molar-refractivity contribution in [3.05, 3.63) is 59.9 Å². The van der Waals surface area contributed by atoms with Crippen LogP contribution >= 0.6 is 0 Å². The number of anilines is 4.